The molecule has 0 fully saturated rings. The van der Waals surface area contributed by atoms with E-state index in [4.69, 9.17) is 0 Å². The number of aliphatic hydroxyl groups is 1. The highest BCUT2D eigenvalue weighted by Crippen LogP contribution is 2.38. The Balaban J connectivity index is 1.95. The van der Waals surface area contributed by atoms with Gasteiger partial charge in [-0.1, -0.05) is 24.1 Å². The van der Waals surface area contributed by atoms with Gasteiger partial charge in [-0.05, 0) is 48.0 Å². The van der Waals surface area contributed by atoms with Gasteiger partial charge < -0.3 is 5.11 Å². The fraction of sp³-hybridized carbons (Fsp3) is 0.462. The average molecular weight is 222 g/mol. The van der Waals surface area contributed by atoms with Crippen molar-refractivity contribution in [3.63, 3.8) is 0 Å². The molecule has 82 valence electrons. The van der Waals surface area contributed by atoms with Crippen LogP contribution in [0.2, 0.25) is 0 Å². The van der Waals surface area contributed by atoms with E-state index in [9.17, 15) is 5.11 Å². The molecule has 15 heavy (non-hydrogen) atoms. The Bertz CT molecular complexity index is 363. The van der Waals surface area contributed by atoms with Crippen molar-refractivity contribution in [2.45, 2.75) is 32.3 Å². The van der Waals surface area contributed by atoms with Crippen LogP contribution in [0.25, 0.3) is 0 Å². The summed E-state index contributed by atoms with van der Waals surface area (Å²) in [7, 11) is 0.0959. The molecule has 0 aromatic rings. The van der Waals surface area contributed by atoms with E-state index in [2.05, 4.69) is 29.5 Å². The van der Waals surface area contributed by atoms with Crippen molar-refractivity contribution in [1.82, 2.24) is 0 Å². The van der Waals surface area contributed by atoms with Crippen molar-refractivity contribution in [2.24, 2.45) is 5.92 Å². The van der Waals surface area contributed by atoms with Crippen LogP contribution in [0.15, 0.2) is 34.1 Å². The van der Waals surface area contributed by atoms with E-state index in [-0.39, 0.29) is 16.6 Å². The highest BCUT2D eigenvalue weighted by atomic mass is 32.2. The zero-order chi connectivity index (χ0) is 10.8. The summed E-state index contributed by atoms with van der Waals surface area (Å²) in [6.07, 6.45) is 9.38. The van der Waals surface area contributed by atoms with E-state index >= 15 is 0 Å². The molecule has 0 spiro atoms. The summed E-state index contributed by atoms with van der Waals surface area (Å²) in [4.78, 5) is 1.44. The first kappa shape index (κ1) is 10.9. The minimum Gasteiger partial charge on any atom is -0.389 e. The third-order valence-electron chi connectivity index (χ3n) is 3.21. The van der Waals surface area contributed by atoms with Crippen LogP contribution >= 0.6 is 10.5 Å². The maximum absolute atomic E-state index is 9.77. The number of rotatable bonds is 2. The summed E-state index contributed by atoms with van der Waals surface area (Å²) in [5, 5.41) is 11.9. The predicted octanol–water partition coefficient (Wildman–Crippen LogP) is 3.21. The molecule has 1 N–H and O–H groups in total. The van der Waals surface area contributed by atoms with Crippen molar-refractivity contribution in [2.75, 3.05) is 0 Å². The van der Waals surface area contributed by atoms with E-state index in [1.807, 2.05) is 6.92 Å². The minimum atomic E-state index is -0.217. The van der Waals surface area contributed by atoms with Crippen LogP contribution in [-0.4, -0.2) is 17.1 Å². The molecule has 3 unspecified atom stereocenters. The average Bonchev–Trinajstić information content (AvgIpc) is 2.59. The lowest BCUT2D eigenvalue weighted by Gasteiger charge is -2.25. The third kappa shape index (κ3) is 2.50. The Morgan fingerprint density at radius 2 is 2.40 bits per heavy atom. The summed E-state index contributed by atoms with van der Waals surface area (Å²) in [6.45, 7) is 2.02. The second-order valence-corrected chi connectivity index (χ2v) is 6.05. The van der Waals surface area contributed by atoms with Crippen molar-refractivity contribution in [3.05, 3.63) is 34.1 Å². The first-order valence-corrected chi connectivity index (χ1v) is 6.87. The topological polar surface area (TPSA) is 20.2 Å². The molecule has 1 aliphatic heterocycles. The van der Waals surface area contributed by atoms with Gasteiger partial charge in [0.1, 0.15) is 0 Å². The summed E-state index contributed by atoms with van der Waals surface area (Å²) < 4.78 is 0. The Hall–Kier alpha value is -0.600. The quantitative estimate of drug-likeness (QED) is 0.562. The Morgan fingerprint density at radius 3 is 3.00 bits per heavy atom. The maximum Gasteiger partial charge on any atom is 0.0750 e. The largest absolute Gasteiger partial charge is 0.389 e. The molecular formula is C13H18OS. The molecule has 0 radical (unpaired) electrons. The van der Waals surface area contributed by atoms with Crippen LogP contribution in [0.5, 0.6) is 0 Å². The molecule has 2 aliphatic rings. The molecule has 0 aromatic heterocycles. The zero-order valence-electron chi connectivity index (χ0n) is 9.15. The van der Waals surface area contributed by atoms with Crippen molar-refractivity contribution < 1.29 is 5.11 Å². The molecule has 3 atom stereocenters. The molecule has 0 saturated carbocycles. The lowest BCUT2D eigenvalue weighted by Crippen LogP contribution is -2.19. The molecule has 0 aromatic carbocycles. The molecule has 1 aliphatic carbocycles. The number of allylic oxidation sites excluding steroid dienone is 4. The first-order valence-electron chi connectivity index (χ1n) is 5.41. The Labute approximate surface area is 94.1 Å². The van der Waals surface area contributed by atoms with Gasteiger partial charge in [-0.15, -0.1) is 10.5 Å². The Kier molecular flexibility index (Phi) is 3.27. The highest BCUT2D eigenvalue weighted by molar-refractivity contribution is 8.20. The summed E-state index contributed by atoms with van der Waals surface area (Å²) >= 11 is 0. The van der Waals surface area contributed by atoms with Gasteiger partial charge in [0.15, 0.2) is 0 Å². The molecule has 1 heterocycles. The van der Waals surface area contributed by atoms with Crippen LogP contribution in [0.1, 0.15) is 26.2 Å². The number of hydrogen-bond donors (Lipinski definition) is 1. The van der Waals surface area contributed by atoms with Crippen LogP contribution in [-0.2, 0) is 0 Å². The van der Waals surface area contributed by atoms with Crippen LogP contribution in [0.3, 0.4) is 0 Å². The van der Waals surface area contributed by atoms with E-state index in [0.717, 1.165) is 24.8 Å². The fourth-order valence-corrected chi connectivity index (χ4v) is 3.28. The van der Waals surface area contributed by atoms with E-state index in [1.54, 1.807) is 0 Å². The van der Waals surface area contributed by atoms with Gasteiger partial charge in [-0.3, -0.25) is 0 Å². The molecule has 1 nitrogen and oxygen atoms in total. The normalized spacial score (nSPS) is 35.2. The van der Waals surface area contributed by atoms with Gasteiger partial charge in [0.2, 0.25) is 0 Å². The molecule has 2 heteroatoms. The summed E-state index contributed by atoms with van der Waals surface area (Å²) in [5.74, 6) is 4.72. The van der Waals surface area contributed by atoms with E-state index < -0.39 is 0 Å². The van der Waals surface area contributed by atoms with Gasteiger partial charge in [-0.2, -0.15) is 0 Å². The van der Waals surface area contributed by atoms with Crippen LogP contribution in [0.4, 0.5) is 0 Å². The summed E-state index contributed by atoms with van der Waals surface area (Å²) in [5.41, 5.74) is 1.14. The van der Waals surface area contributed by atoms with Gasteiger partial charge in [0, 0.05) is 0 Å². The second-order valence-electron chi connectivity index (χ2n) is 4.40. The molecular weight excluding hydrogens is 204 g/mol. The molecule has 0 amide bonds. The smallest absolute Gasteiger partial charge is 0.0750 e. The molecule has 0 bridgehead atoms. The van der Waals surface area contributed by atoms with Crippen molar-refractivity contribution in [1.29, 1.82) is 0 Å². The monoisotopic (exact) mass is 222 g/mol. The van der Waals surface area contributed by atoms with Crippen molar-refractivity contribution >= 4 is 16.4 Å². The van der Waals surface area contributed by atoms with Gasteiger partial charge in [0.05, 0.1) is 6.10 Å². The maximum atomic E-state index is 9.77. The SMILES string of the molecule is C=S1C=CC=C1CC1CC=C(C)C(O)C1. The molecule has 2 rings (SSSR count). The van der Waals surface area contributed by atoms with E-state index in [1.165, 1.54) is 4.91 Å². The molecule has 0 saturated heterocycles. The fourth-order valence-electron chi connectivity index (χ4n) is 2.13. The zero-order valence-corrected chi connectivity index (χ0v) is 9.96. The van der Waals surface area contributed by atoms with Crippen LogP contribution in [0, 0.1) is 5.92 Å². The minimum absolute atomic E-state index is 0.0959. The Morgan fingerprint density at radius 1 is 1.60 bits per heavy atom. The lowest BCUT2D eigenvalue weighted by atomic mass is 9.86. The second kappa shape index (κ2) is 4.50. The first-order chi connectivity index (χ1) is 7.16. The standard InChI is InChI=1S/C13H18OS/c1-10-5-6-11(9-13(10)14)8-12-4-3-7-15(12)2/h3-5,7,11,13-14H,2,6,8-9H2,1H3. The number of aliphatic hydroxyl groups excluding tert-OH is 1. The summed E-state index contributed by atoms with van der Waals surface area (Å²) in [6, 6.07) is 0. The lowest BCUT2D eigenvalue weighted by molar-refractivity contribution is 0.166. The van der Waals surface area contributed by atoms with E-state index in [0.29, 0.717) is 5.92 Å². The number of hydrogen-bond acceptors (Lipinski definition) is 1. The van der Waals surface area contributed by atoms with Gasteiger partial charge in [0.25, 0.3) is 0 Å². The van der Waals surface area contributed by atoms with Crippen molar-refractivity contribution in [3.8, 4) is 0 Å². The third-order valence-corrected chi connectivity index (χ3v) is 4.67. The predicted molar refractivity (Wildman–Crippen MR) is 69.0 cm³/mol. The van der Waals surface area contributed by atoms with Gasteiger partial charge >= 0.3 is 0 Å². The van der Waals surface area contributed by atoms with Gasteiger partial charge in [-0.25, -0.2) is 0 Å². The van der Waals surface area contributed by atoms with Crippen LogP contribution < -0.4 is 0 Å². The highest BCUT2D eigenvalue weighted by Gasteiger charge is 2.21.